The van der Waals surface area contributed by atoms with E-state index in [9.17, 15) is 0 Å². The van der Waals surface area contributed by atoms with Crippen molar-refractivity contribution in [1.82, 2.24) is 9.97 Å². The molecule has 0 fully saturated rings. The molecule has 2 heterocycles. The number of para-hydroxylation sites is 2. The third-order valence-corrected chi connectivity index (χ3v) is 11.9. The van der Waals surface area contributed by atoms with Gasteiger partial charge in [-0.05, 0) is 86.5 Å². The normalized spacial score (nSPS) is 12.8. The van der Waals surface area contributed by atoms with Crippen LogP contribution in [-0.2, 0) is 5.41 Å². The highest BCUT2D eigenvalue weighted by Crippen LogP contribution is 2.50. The summed E-state index contributed by atoms with van der Waals surface area (Å²) in [7, 11) is 0. The second-order valence-corrected chi connectivity index (χ2v) is 15.8. The molecule has 1 aliphatic rings. The van der Waals surface area contributed by atoms with Gasteiger partial charge in [-0.2, -0.15) is 0 Å². The molecule has 58 heavy (non-hydrogen) atoms. The van der Waals surface area contributed by atoms with Crippen molar-refractivity contribution >= 4 is 21.9 Å². The summed E-state index contributed by atoms with van der Waals surface area (Å²) in [6.07, 6.45) is 0. The van der Waals surface area contributed by atoms with Crippen molar-refractivity contribution in [1.29, 1.82) is 0 Å². The van der Waals surface area contributed by atoms with Crippen LogP contribution in [0, 0.1) is 0 Å². The van der Waals surface area contributed by atoms with Gasteiger partial charge in [0, 0.05) is 38.4 Å². The molecule has 1 aliphatic carbocycles. The molecular formula is C55H38N2O. The maximum Gasteiger partial charge on any atom is 0.160 e. The molecule has 11 rings (SSSR count). The lowest BCUT2D eigenvalue weighted by Crippen LogP contribution is -2.14. The molecule has 0 saturated heterocycles. The number of benzene rings is 8. The number of aromatic nitrogens is 2. The lowest BCUT2D eigenvalue weighted by atomic mass is 9.82. The van der Waals surface area contributed by atoms with Crippen LogP contribution in [0.3, 0.4) is 0 Å². The highest BCUT2D eigenvalue weighted by Gasteiger charge is 2.35. The van der Waals surface area contributed by atoms with Gasteiger partial charge < -0.3 is 4.42 Å². The Hall–Kier alpha value is -7.36. The molecule has 274 valence electrons. The summed E-state index contributed by atoms with van der Waals surface area (Å²) < 4.78 is 6.63. The van der Waals surface area contributed by atoms with Crippen molar-refractivity contribution in [2.75, 3.05) is 0 Å². The molecule has 0 saturated carbocycles. The summed E-state index contributed by atoms with van der Waals surface area (Å²) in [6, 6.07) is 69.0. The maximum atomic E-state index is 6.63. The van der Waals surface area contributed by atoms with Crippen LogP contribution in [0.15, 0.2) is 199 Å². The van der Waals surface area contributed by atoms with Crippen LogP contribution in [0.4, 0.5) is 0 Å². The lowest BCUT2D eigenvalue weighted by molar-refractivity contribution is 0.660. The Kier molecular flexibility index (Phi) is 7.84. The summed E-state index contributed by atoms with van der Waals surface area (Å²) in [5.74, 6) is 0.686. The average Bonchev–Trinajstić information content (AvgIpc) is 3.78. The predicted octanol–water partition coefficient (Wildman–Crippen LogP) is 14.7. The lowest BCUT2D eigenvalue weighted by Gasteiger charge is -2.21. The minimum Gasteiger partial charge on any atom is -0.455 e. The van der Waals surface area contributed by atoms with E-state index in [0.29, 0.717) is 5.82 Å². The summed E-state index contributed by atoms with van der Waals surface area (Å²) in [6.45, 7) is 4.64. The highest BCUT2D eigenvalue weighted by molar-refractivity contribution is 6.10. The van der Waals surface area contributed by atoms with Gasteiger partial charge in [-0.25, -0.2) is 9.97 Å². The van der Waals surface area contributed by atoms with E-state index in [1.165, 1.54) is 33.4 Å². The fourth-order valence-corrected chi connectivity index (χ4v) is 9.00. The second-order valence-electron chi connectivity index (χ2n) is 15.8. The molecule has 0 spiro atoms. The van der Waals surface area contributed by atoms with Crippen molar-refractivity contribution in [2.45, 2.75) is 19.3 Å². The molecule has 0 atom stereocenters. The molecule has 0 radical (unpaired) electrons. The van der Waals surface area contributed by atoms with E-state index >= 15 is 0 Å². The molecule has 0 aliphatic heterocycles. The van der Waals surface area contributed by atoms with Crippen LogP contribution in [-0.4, -0.2) is 9.97 Å². The molecule has 0 unspecified atom stereocenters. The van der Waals surface area contributed by atoms with E-state index in [0.717, 1.165) is 72.3 Å². The van der Waals surface area contributed by atoms with Crippen LogP contribution in [0.5, 0.6) is 0 Å². The number of rotatable bonds is 6. The Balaban J connectivity index is 1.16. The summed E-state index contributed by atoms with van der Waals surface area (Å²) >= 11 is 0. The Morgan fingerprint density at radius 1 is 0.362 bits per heavy atom. The zero-order chi connectivity index (χ0) is 38.8. The van der Waals surface area contributed by atoms with E-state index in [1.807, 2.05) is 30.3 Å². The fraction of sp³-hybridized carbons (Fsp3) is 0.0545. The molecule has 0 N–H and O–H groups in total. The van der Waals surface area contributed by atoms with E-state index in [1.54, 1.807) is 0 Å². The molecule has 0 amide bonds. The Labute approximate surface area is 338 Å². The van der Waals surface area contributed by atoms with E-state index in [2.05, 4.69) is 178 Å². The van der Waals surface area contributed by atoms with Crippen LogP contribution in [0.2, 0.25) is 0 Å². The van der Waals surface area contributed by atoms with Gasteiger partial charge in [0.05, 0.1) is 11.4 Å². The van der Waals surface area contributed by atoms with Crippen LogP contribution < -0.4 is 0 Å². The first-order valence-corrected chi connectivity index (χ1v) is 19.9. The number of fused-ring (bicyclic) bond motifs is 6. The molecule has 2 aromatic heterocycles. The summed E-state index contributed by atoms with van der Waals surface area (Å²) in [4.78, 5) is 10.6. The molecular weight excluding hydrogens is 705 g/mol. The van der Waals surface area contributed by atoms with Gasteiger partial charge in [-0.3, -0.25) is 0 Å². The quantitative estimate of drug-likeness (QED) is 0.170. The Morgan fingerprint density at radius 2 is 0.914 bits per heavy atom. The standard InChI is InChI=1S/C55H38N2O/c1-55(2)48-26-13-11-22-44(48)47-33-37(28-29-49(47)55)50-34-51(57-54(56-50)36-18-7-4-8-19-36)40-31-38(42-21-10-9-20-41(42)35-16-5-3-6-17-35)30-39(32-40)43-24-15-25-46-45-23-12-14-27-52(45)58-53(43)46/h3-34H,1-2H3. The summed E-state index contributed by atoms with van der Waals surface area (Å²) in [5.41, 5.74) is 18.3. The monoisotopic (exact) mass is 742 g/mol. The number of hydrogen-bond donors (Lipinski definition) is 0. The minimum absolute atomic E-state index is 0.0773. The van der Waals surface area contributed by atoms with E-state index in [4.69, 9.17) is 14.4 Å². The largest absolute Gasteiger partial charge is 0.455 e. The van der Waals surface area contributed by atoms with Gasteiger partial charge >= 0.3 is 0 Å². The van der Waals surface area contributed by atoms with Gasteiger partial charge in [0.15, 0.2) is 5.82 Å². The number of hydrogen-bond acceptors (Lipinski definition) is 3. The maximum absolute atomic E-state index is 6.63. The van der Waals surface area contributed by atoms with Gasteiger partial charge in [0.1, 0.15) is 11.2 Å². The van der Waals surface area contributed by atoms with Crippen molar-refractivity contribution in [3.8, 4) is 78.4 Å². The first-order chi connectivity index (χ1) is 28.5. The van der Waals surface area contributed by atoms with Crippen molar-refractivity contribution < 1.29 is 4.42 Å². The van der Waals surface area contributed by atoms with Crippen LogP contribution in [0.25, 0.3) is 100 Å². The van der Waals surface area contributed by atoms with Crippen molar-refractivity contribution in [3.05, 3.63) is 205 Å². The van der Waals surface area contributed by atoms with Crippen LogP contribution >= 0.6 is 0 Å². The fourth-order valence-electron chi connectivity index (χ4n) is 9.00. The molecule has 0 bridgehead atoms. The topological polar surface area (TPSA) is 38.9 Å². The molecule has 3 nitrogen and oxygen atoms in total. The average molecular weight is 743 g/mol. The van der Waals surface area contributed by atoms with Gasteiger partial charge in [-0.1, -0.05) is 172 Å². The van der Waals surface area contributed by atoms with Gasteiger partial charge in [-0.15, -0.1) is 0 Å². The number of nitrogens with zero attached hydrogens (tertiary/aromatic N) is 2. The molecule has 10 aromatic rings. The van der Waals surface area contributed by atoms with Gasteiger partial charge in [0.2, 0.25) is 0 Å². The minimum atomic E-state index is -0.0773. The first-order valence-electron chi connectivity index (χ1n) is 19.9. The Morgan fingerprint density at radius 3 is 1.69 bits per heavy atom. The van der Waals surface area contributed by atoms with Crippen molar-refractivity contribution in [2.24, 2.45) is 0 Å². The van der Waals surface area contributed by atoms with Gasteiger partial charge in [0.25, 0.3) is 0 Å². The highest BCUT2D eigenvalue weighted by atomic mass is 16.3. The predicted molar refractivity (Wildman–Crippen MR) is 239 cm³/mol. The SMILES string of the molecule is CC1(C)c2ccccc2-c2cc(-c3cc(-c4cc(-c5ccccc5-c5ccccc5)cc(-c5cccc6c5oc5ccccc56)c4)nc(-c4ccccc4)n3)ccc21. The molecule has 3 heteroatoms. The zero-order valence-corrected chi connectivity index (χ0v) is 32.3. The first kappa shape index (κ1) is 33.9. The third kappa shape index (κ3) is 5.58. The van der Waals surface area contributed by atoms with Crippen molar-refractivity contribution in [3.63, 3.8) is 0 Å². The smallest absolute Gasteiger partial charge is 0.160 e. The molecule has 8 aromatic carbocycles. The van der Waals surface area contributed by atoms with Crippen LogP contribution in [0.1, 0.15) is 25.0 Å². The summed E-state index contributed by atoms with van der Waals surface area (Å²) in [5, 5.41) is 2.21. The second kappa shape index (κ2) is 13.4. The Bertz CT molecular complexity index is 3190. The third-order valence-electron chi connectivity index (χ3n) is 11.9. The van der Waals surface area contributed by atoms with E-state index in [-0.39, 0.29) is 5.41 Å². The van der Waals surface area contributed by atoms with E-state index < -0.39 is 0 Å². The zero-order valence-electron chi connectivity index (χ0n) is 32.3. The number of furan rings is 1.